The molecule has 0 aliphatic carbocycles. The monoisotopic (exact) mass is 372 g/mol. The summed E-state index contributed by atoms with van der Waals surface area (Å²) in [6.07, 6.45) is 1.20. The van der Waals surface area contributed by atoms with Crippen molar-refractivity contribution in [1.82, 2.24) is 9.97 Å². The van der Waals surface area contributed by atoms with Crippen molar-refractivity contribution in [3.63, 3.8) is 0 Å². The van der Waals surface area contributed by atoms with Crippen LogP contribution < -0.4 is 0 Å². The minimum Gasteiger partial charge on any atom is -0.236 e. The van der Waals surface area contributed by atoms with Gasteiger partial charge in [-0.25, -0.2) is 31.6 Å². The van der Waals surface area contributed by atoms with Gasteiger partial charge < -0.3 is 0 Å². The van der Waals surface area contributed by atoms with Gasteiger partial charge in [-0.2, -0.15) is 0 Å². The summed E-state index contributed by atoms with van der Waals surface area (Å²) in [6.45, 7) is 5.44. The lowest BCUT2D eigenvalue weighted by molar-refractivity contribution is 0.540. The fourth-order valence-electron chi connectivity index (χ4n) is 2.61. The van der Waals surface area contributed by atoms with Crippen LogP contribution in [0.15, 0.2) is 12.1 Å². The van der Waals surface area contributed by atoms with Gasteiger partial charge >= 0.3 is 0 Å². The molecule has 1 heterocycles. The molecule has 4 nitrogen and oxygen atoms in total. The summed E-state index contributed by atoms with van der Waals surface area (Å²) in [6, 6.07) is 1.21. The molecule has 1 aromatic heterocycles. The third kappa shape index (κ3) is 4.56. The number of aryl methyl sites for hydroxylation is 1. The van der Waals surface area contributed by atoms with E-state index in [1.165, 1.54) is 6.92 Å². The van der Waals surface area contributed by atoms with Crippen LogP contribution in [0.4, 0.5) is 13.2 Å². The Bertz CT molecular complexity index is 838. The largest absolute Gasteiger partial charge is 0.236 e. The van der Waals surface area contributed by atoms with E-state index < -0.39 is 33.7 Å². The maximum Gasteiger partial charge on any atom is 0.147 e. The molecule has 8 heteroatoms. The predicted octanol–water partition coefficient (Wildman–Crippen LogP) is 3.57. The molecule has 0 radical (unpaired) electrons. The Labute approximate surface area is 146 Å². The van der Waals surface area contributed by atoms with Crippen LogP contribution >= 0.6 is 0 Å². The molecule has 136 valence electrons. The van der Waals surface area contributed by atoms with Crippen LogP contribution in [0.5, 0.6) is 0 Å². The fourth-order valence-corrected chi connectivity index (χ4v) is 2.98. The molecule has 0 aliphatic heterocycles. The number of hydrogen-bond acceptors (Lipinski definition) is 4. The molecule has 0 amide bonds. The minimum atomic E-state index is -2.73. The Morgan fingerprint density at radius 2 is 1.68 bits per heavy atom. The molecule has 2 aromatic rings. The Balaban J connectivity index is 2.71. The molecule has 0 N–H and O–H groups in total. The van der Waals surface area contributed by atoms with E-state index in [2.05, 4.69) is 9.97 Å². The van der Waals surface area contributed by atoms with E-state index in [0.29, 0.717) is 24.2 Å². The zero-order chi connectivity index (χ0) is 18.7. The summed E-state index contributed by atoms with van der Waals surface area (Å²) in [5.74, 6) is -3.21. The lowest BCUT2D eigenvalue weighted by Gasteiger charge is -2.17. The van der Waals surface area contributed by atoms with E-state index in [0.717, 1.165) is 6.42 Å². The number of aromatic nitrogens is 2. The fraction of sp³-hybridized carbons (Fsp3) is 0.412. The van der Waals surface area contributed by atoms with Gasteiger partial charge in [0.05, 0.1) is 11.3 Å². The highest BCUT2D eigenvalue weighted by atomic mass is 32.2. The number of thiol groups is 1. The highest BCUT2D eigenvalue weighted by Gasteiger charge is 2.22. The number of benzene rings is 1. The summed E-state index contributed by atoms with van der Waals surface area (Å²) in [5, 5.41) is 0. The zero-order valence-electron chi connectivity index (χ0n) is 14.1. The lowest BCUT2D eigenvalue weighted by Crippen LogP contribution is -2.11. The Morgan fingerprint density at radius 3 is 2.20 bits per heavy atom. The van der Waals surface area contributed by atoms with Crippen molar-refractivity contribution in [2.45, 2.75) is 39.4 Å². The predicted molar refractivity (Wildman–Crippen MR) is 89.3 cm³/mol. The average Bonchev–Trinajstić information content (AvgIpc) is 2.48. The quantitative estimate of drug-likeness (QED) is 0.788. The van der Waals surface area contributed by atoms with E-state index in [1.54, 1.807) is 0 Å². The number of halogens is 3. The summed E-state index contributed by atoms with van der Waals surface area (Å²) in [4.78, 5) is 8.29. The lowest BCUT2D eigenvalue weighted by atomic mass is 9.94. The van der Waals surface area contributed by atoms with E-state index in [-0.39, 0.29) is 28.8 Å². The third-order valence-corrected chi connectivity index (χ3v) is 4.52. The van der Waals surface area contributed by atoms with Crippen LogP contribution in [0.25, 0.3) is 11.1 Å². The minimum absolute atomic E-state index is 0.0820. The highest BCUT2D eigenvalue weighted by Crippen LogP contribution is 2.32. The van der Waals surface area contributed by atoms with Crippen LogP contribution in [0, 0.1) is 30.3 Å². The molecular weight excluding hydrogens is 353 g/mol. The average molecular weight is 372 g/mol. The van der Waals surface area contributed by atoms with Crippen molar-refractivity contribution in [2.24, 2.45) is 5.92 Å². The van der Waals surface area contributed by atoms with Crippen molar-refractivity contribution in [3.8, 4) is 11.1 Å². The molecule has 2 rings (SSSR count). The van der Waals surface area contributed by atoms with Crippen LogP contribution in [0.2, 0.25) is 0 Å². The van der Waals surface area contributed by atoms with E-state index in [1.807, 2.05) is 13.8 Å². The molecule has 0 saturated carbocycles. The van der Waals surface area contributed by atoms with E-state index in [9.17, 15) is 21.6 Å². The van der Waals surface area contributed by atoms with E-state index >= 15 is 0 Å². The first-order chi connectivity index (χ1) is 11.7. The van der Waals surface area contributed by atoms with Gasteiger partial charge in [0, 0.05) is 23.4 Å². The Morgan fingerprint density at radius 1 is 1.08 bits per heavy atom. The molecule has 0 saturated heterocycles. The van der Waals surface area contributed by atoms with Gasteiger partial charge in [0.2, 0.25) is 0 Å². The van der Waals surface area contributed by atoms with E-state index in [4.69, 9.17) is 0 Å². The van der Waals surface area contributed by atoms with Gasteiger partial charge in [0.25, 0.3) is 0 Å². The maximum atomic E-state index is 14.3. The first kappa shape index (κ1) is 19.4. The summed E-state index contributed by atoms with van der Waals surface area (Å²) < 4.78 is 63.7. The number of rotatable bonds is 6. The SMILES string of the molecule is CCC(C)Cc1nc(C[SH](=O)=O)nc(C)c1-c1c(F)cc(F)cc1F. The van der Waals surface area contributed by atoms with Crippen molar-refractivity contribution >= 4 is 10.7 Å². The van der Waals surface area contributed by atoms with Crippen molar-refractivity contribution in [1.29, 1.82) is 0 Å². The van der Waals surface area contributed by atoms with Crippen molar-refractivity contribution < 1.29 is 21.6 Å². The Kier molecular flexibility index (Phi) is 6.16. The topological polar surface area (TPSA) is 59.9 Å². The zero-order valence-corrected chi connectivity index (χ0v) is 15.0. The van der Waals surface area contributed by atoms with Crippen LogP contribution in [0.1, 0.15) is 37.5 Å². The highest BCUT2D eigenvalue weighted by molar-refractivity contribution is 7.71. The first-order valence-corrected chi connectivity index (χ1v) is 9.22. The molecule has 1 unspecified atom stereocenters. The second kappa shape index (κ2) is 7.95. The molecule has 25 heavy (non-hydrogen) atoms. The van der Waals surface area contributed by atoms with Gasteiger partial charge in [0.15, 0.2) is 0 Å². The smallest absolute Gasteiger partial charge is 0.147 e. The van der Waals surface area contributed by atoms with Gasteiger partial charge in [-0.15, -0.1) is 0 Å². The Hall–Kier alpha value is -1.96. The first-order valence-electron chi connectivity index (χ1n) is 7.86. The molecule has 1 atom stereocenters. The summed E-state index contributed by atoms with van der Waals surface area (Å²) >= 11 is 0. The molecule has 1 aromatic carbocycles. The van der Waals surface area contributed by atoms with Crippen molar-refractivity contribution in [2.75, 3.05) is 0 Å². The number of hydrogen-bond donors (Lipinski definition) is 1. The molecule has 0 fully saturated rings. The van der Waals surface area contributed by atoms with Crippen molar-refractivity contribution in [3.05, 3.63) is 46.8 Å². The van der Waals surface area contributed by atoms with Crippen LogP contribution in [-0.4, -0.2) is 18.4 Å². The van der Waals surface area contributed by atoms with Gasteiger partial charge in [-0.1, -0.05) is 20.3 Å². The maximum absolute atomic E-state index is 14.3. The second-order valence-electron chi connectivity index (χ2n) is 6.00. The van der Waals surface area contributed by atoms with Crippen LogP contribution in [-0.2, 0) is 22.9 Å². The second-order valence-corrected chi connectivity index (χ2v) is 6.98. The molecule has 0 bridgehead atoms. The van der Waals surface area contributed by atoms with Crippen LogP contribution in [0.3, 0.4) is 0 Å². The van der Waals surface area contributed by atoms with Gasteiger partial charge in [0.1, 0.15) is 39.7 Å². The number of nitrogens with zero attached hydrogens (tertiary/aromatic N) is 2. The molecule has 0 aliphatic rings. The summed E-state index contributed by atoms with van der Waals surface area (Å²) in [5.41, 5.74) is 0.373. The summed E-state index contributed by atoms with van der Waals surface area (Å²) in [7, 11) is -2.73. The third-order valence-electron chi connectivity index (χ3n) is 3.98. The van der Waals surface area contributed by atoms with Gasteiger partial charge in [-0.05, 0) is 19.3 Å². The standard InChI is InChI=1S/C17H19F3N2O2S/c1-4-9(2)5-14-16(10(3)21-15(22-14)8-25(23)24)17-12(19)6-11(18)7-13(17)20/h6-7,9,25H,4-5,8H2,1-3H3. The normalized spacial score (nSPS) is 12.6. The van der Waals surface area contributed by atoms with Gasteiger partial charge in [-0.3, -0.25) is 0 Å². The molecular formula is C17H19F3N2O2S. The molecule has 0 spiro atoms.